The number of imidazole rings is 1. The summed E-state index contributed by atoms with van der Waals surface area (Å²) in [7, 11) is 0. The molecule has 0 aliphatic rings. The molecule has 5 heteroatoms. The summed E-state index contributed by atoms with van der Waals surface area (Å²) >= 11 is 0. The molecule has 0 unspecified atom stereocenters. The van der Waals surface area contributed by atoms with Crippen LogP contribution in [0, 0.1) is 6.92 Å². The van der Waals surface area contributed by atoms with Gasteiger partial charge in [0, 0.05) is 17.7 Å². The maximum absolute atomic E-state index is 11.3. The highest BCUT2D eigenvalue weighted by Gasteiger charge is 2.18. The van der Waals surface area contributed by atoms with Gasteiger partial charge in [-0.3, -0.25) is 10.0 Å². The van der Waals surface area contributed by atoms with Crippen LogP contribution in [-0.2, 0) is 11.2 Å². The van der Waals surface area contributed by atoms with Crippen molar-refractivity contribution in [3.63, 3.8) is 0 Å². The zero-order chi connectivity index (χ0) is 22.8. The van der Waals surface area contributed by atoms with Crippen LogP contribution < -0.4 is 5.48 Å². The molecule has 1 aromatic carbocycles. The van der Waals surface area contributed by atoms with Gasteiger partial charge in [0.05, 0.1) is 11.4 Å². The Labute approximate surface area is 185 Å². The standard InChI is InChI=1S/C26H33N3O2/c1-6-7-8-9-11-20(4)14-16-24-26(29(19(2)3)21(5)27-24)23-13-10-12-22(18-23)15-17-25(30)28-31/h7-13,15,17-19,31H,4,6,14,16H2,1-3,5H3,(H,28,30)/b8-7-,11-9-,17-15+. The number of benzene rings is 1. The summed E-state index contributed by atoms with van der Waals surface area (Å²) in [5.74, 6) is 0.419. The number of carbonyl (C=O) groups excluding carboxylic acids is 1. The molecule has 0 fully saturated rings. The summed E-state index contributed by atoms with van der Waals surface area (Å²) in [5.41, 5.74) is 6.73. The van der Waals surface area contributed by atoms with Gasteiger partial charge in [-0.15, -0.1) is 0 Å². The summed E-state index contributed by atoms with van der Waals surface area (Å²) in [6, 6.07) is 8.24. The van der Waals surface area contributed by atoms with Gasteiger partial charge in [0.25, 0.3) is 5.91 Å². The molecular formula is C26H33N3O2. The summed E-state index contributed by atoms with van der Waals surface area (Å²) in [6.07, 6.45) is 13.9. The lowest BCUT2D eigenvalue weighted by Gasteiger charge is -2.16. The molecule has 0 radical (unpaired) electrons. The predicted molar refractivity (Wildman–Crippen MR) is 128 cm³/mol. The molecule has 1 aromatic heterocycles. The van der Waals surface area contributed by atoms with Gasteiger partial charge in [0.1, 0.15) is 5.82 Å². The van der Waals surface area contributed by atoms with Crippen LogP contribution in [-0.4, -0.2) is 20.7 Å². The maximum atomic E-state index is 11.3. The van der Waals surface area contributed by atoms with Gasteiger partial charge in [-0.25, -0.2) is 10.5 Å². The smallest absolute Gasteiger partial charge is 0.267 e. The Bertz CT molecular complexity index is 994. The molecule has 2 rings (SSSR count). The molecule has 0 aliphatic carbocycles. The molecule has 0 saturated carbocycles. The first-order chi connectivity index (χ1) is 14.9. The zero-order valence-electron chi connectivity index (χ0n) is 18.9. The Balaban J connectivity index is 2.35. The Kier molecular flexibility index (Phi) is 9.22. The molecule has 0 aliphatic heterocycles. The average Bonchev–Trinajstić information content (AvgIpc) is 3.10. The van der Waals surface area contributed by atoms with Crippen LogP contribution in [0.3, 0.4) is 0 Å². The van der Waals surface area contributed by atoms with Crippen molar-refractivity contribution >= 4 is 12.0 Å². The predicted octanol–water partition coefficient (Wildman–Crippen LogP) is 5.97. The summed E-state index contributed by atoms with van der Waals surface area (Å²) < 4.78 is 2.25. The van der Waals surface area contributed by atoms with Crippen LogP contribution in [0.4, 0.5) is 0 Å². The molecule has 1 heterocycles. The summed E-state index contributed by atoms with van der Waals surface area (Å²) in [4.78, 5) is 16.2. The molecule has 2 N–H and O–H groups in total. The molecule has 5 nitrogen and oxygen atoms in total. The van der Waals surface area contributed by atoms with E-state index in [1.165, 1.54) is 6.08 Å². The van der Waals surface area contributed by atoms with Crippen LogP contribution >= 0.6 is 0 Å². The Morgan fingerprint density at radius 1 is 1.29 bits per heavy atom. The van der Waals surface area contributed by atoms with E-state index in [0.717, 1.165) is 53.2 Å². The third-order valence-corrected chi connectivity index (χ3v) is 4.87. The number of rotatable bonds is 10. The molecule has 31 heavy (non-hydrogen) atoms. The van der Waals surface area contributed by atoms with Crippen LogP contribution in [0.1, 0.15) is 56.7 Å². The molecule has 0 spiro atoms. The Morgan fingerprint density at radius 2 is 2.06 bits per heavy atom. The highest BCUT2D eigenvalue weighted by molar-refractivity contribution is 5.91. The van der Waals surface area contributed by atoms with Crippen molar-refractivity contribution in [1.82, 2.24) is 15.0 Å². The van der Waals surface area contributed by atoms with Crippen LogP contribution in [0.2, 0.25) is 0 Å². The van der Waals surface area contributed by atoms with Crippen molar-refractivity contribution in [3.05, 3.63) is 83.9 Å². The van der Waals surface area contributed by atoms with Crippen LogP contribution in [0.5, 0.6) is 0 Å². The number of hydrogen-bond acceptors (Lipinski definition) is 3. The van der Waals surface area contributed by atoms with Gasteiger partial charge in [-0.2, -0.15) is 0 Å². The number of amides is 1. The number of carbonyl (C=O) groups is 1. The van der Waals surface area contributed by atoms with E-state index in [-0.39, 0.29) is 6.04 Å². The van der Waals surface area contributed by atoms with Gasteiger partial charge in [0.15, 0.2) is 0 Å². The lowest BCUT2D eigenvalue weighted by Crippen LogP contribution is -2.14. The van der Waals surface area contributed by atoms with Crippen molar-refractivity contribution in [2.24, 2.45) is 0 Å². The zero-order valence-corrected chi connectivity index (χ0v) is 18.9. The van der Waals surface area contributed by atoms with Gasteiger partial charge in [0.2, 0.25) is 0 Å². The first kappa shape index (κ1) is 24.1. The number of hydrogen-bond donors (Lipinski definition) is 2. The molecule has 0 saturated heterocycles. The van der Waals surface area contributed by atoms with E-state index in [0.29, 0.717) is 0 Å². The molecule has 0 bridgehead atoms. The number of aromatic nitrogens is 2. The minimum absolute atomic E-state index is 0.262. The van der Waals surface area contributed by atoms with Crippen molar-refractivity contribution in [3.8, 4) is 11.3 Å². The number of hydroxylamine groups is 1. The fourth-order valence-electron chi connectivity index (χ4n) is 3.48. The second-order valence-electron chi connectivity index (χ2n) is 7.71. The fraction of sp³-hybridized carbons (Fsp3) is 0.308. The second-order valence-corrected chi connectivity index (χ2v) is 7.71. The quantitative estimate of drug-likeness (QED) is 0.216. The highest BCUT2D eigenvalue weighted by atomic mass is 16.5. The van der Waals surface area contributed by atoms with Crippen molar-refractivity contribution < 1.29 is 10.0 Å². The number of aryl methyl sites for hydroxylation is 2. The lowest BCUT2D eigenvalue weighted by atomic mass is 10.0. The molecular weight excluding hydrogens is 386 g/mol. The van der Waals surface area contributed by atoms with Gasteiger partial charge < -0.3 is 4.57 Å². The number of nitrogens with one attached hydrogen (secondary N) is 1. The van der Waals surface area contributed by atoms with E-state index in [1.807, 2.05) is 37.3 Å². The van der Waals surface area contributed by atoms with E-state index in [4.69, 9.17) is 10.2 Å². The largest absolute Gasteiger partial charge is 0.325 e. The average molecular weight is 420 g/mol. The Hall–Kier alpha value is -3.18. The van der Waals surface area contributed by atoms with E-state index < -0.39 is 5.91 Å². The number of nitrogens with zero attached hydrogens (tertiary/aromatic N) is 2. The normalized spacial score (nSPS) is 11.9. The SMILES string of the molecule is C=C(/C=C\C=C/CC)CCc1nc(C)n(C(C)C)c1-c1cccc(/C=C/C(=O)NO)c1. The van der Waals surface area contributed by atoms with Crippen molar-refractivity contribution in [2.45, 2.75) is 53.0 Å². The van der Waals surface area contributed by atoms with E-state index in [2.05, 4.69) is 50.1 Å². The van der Waals surface area contributed by atoms with Gasteiger partial charge in [-0.05, 0) is 57.7 Å². The Morgan fingerprint density at radius 3 is 2.74 bits per heavy atom. The minimum atomic E-state index is -0.561. The fourth-order valence-corrected chi connectivity index (χ4v) is 3.48. The summed E-state index contributed by atoms with van der Waals surface area (Å²) in [6.45, 7) is 12.6. The van der Waals surface area contributed by atoms with E-state index in [1.54, 1.807) is 11.6 Å². The van der Waals surface area contributed by atoms with E-state index >= 15 is 0 Å². The number of allylic oxidation sites excluding steroid dienone is 5. The molecule has 164 valence electrons. The lowest BCUT2D eigenvalue weighted by molar-refractivity contribution is -0.124. The first-order valence-corrected chi connectivity index (χ1v) is 10.7. The summed E-state index contributed by atoms with van der Waals surface area (Å²) in [5, 5.41) is 8.69. The maximum Gasteiger partial charge on any atom is 0.267 e. The van der Waals surface area contributed by atoms with Crippen LogP contribution in [0.25, 0.3) is 17.3 Å². The van der Waals surface area contributed by atoms with Crippen LogP contribution in [0.15, 0.2) is 66.8 Å². The topological polar surface area (TPSA) is 67.2 Å². The third-order valence-electron chi connectivity index (χ3n) is 4.87. The first-order valence-electron chi connectivity index (χ1n) is 10.7. The van der Waals surface area contributed by atoms with E-state index in [9.17, 15) is 4.79 Å². The molecule has 0 atom stereocenters. The van der Waals surface area contributed by atoms with Crippen molar-refractivity contribution in [1.29, 1.82) is 0 Å². The monoisotopic (exact) mass is 419 g/mol. The van der Waals surface area contributed by atoms with Gasteiger partial charge >= 0.3 is 0 Å². The van der Waals surface area contributed by atoms with Crippen molar-refractivity contribution in [2.75, 3.05) is 0 Å². The highest BCUT2D eigenvalue weighted by Crippen LogP contribution is 2.30. The minimum Gasteiger partial charge on any atom is -0.325 e. The molecule has 2 aromatic rings. The third kappa shape index (κ3) is 6.93. The second kappa shape index (κ2) is 11.9. The molecule has 1 amide bonds. The van der Waals surface area contributed by atoms with Gasteiger partial charge in [-0.1, -0.05) is 61.6 Å².